The maximum absolute atomic E-state index is 13.6. The first-order chi connectivity index (χ1) is 9.77. The zero-order valence-corrected chi connectivity index (χ0v) is 11.1. The van der Waals surface area contributed by atoms with Crippen molar-refractivity contribution < 1.29 is 27.5 Å². The zero-order chi connectivity index (χ0) is 15.6. The third kappa shape index (κ3) is 3.93. The molecule has 1 aliphatic carbocycles. The van der Waals surface area contributed by atoms with Crippen molar-refractivity contribution in [3.8, 4) is 0 Å². The molecule has 116 valence electrons. The number of amides is 1. The highest BCUT2D eigenvalue weighted by Gasteiger charge is 2.32. The second-order valence-electron chi connectivity index (χ2n) is 5.18. The Kier molecular flexibility index (Phi) is 4.51. The van der Waals surface area contributed by atoms with Crippen LogP contribution in [0.2, 0.25) is 0 Å². The third-order valence-electron chi connectivity index (χ3n) is 3.52. The maximum atomic E-state index is 13.6. The Balaban J connectivity index is 2.15. The molecular formula is C14H15F4NO2. The van der Waals surface area contributed by atoms with Crippen molar-refractivity contribution in [1.29, 1.82) is 0 Å². The molecule has 1 saturated carbocycles. The highest BCUT2D eigenvalue weighted by molar-refractivity contribution is 5.94. The fourth-order valence-electron chi connectivity index (χ4n) is 2.43. The number of carbonyl (C=O) groups is 1. The summed E-state index contributed by atoms with van der Waals surface area (Å²) < 4.78 is 51.3. The van der Waals surface area contributed by atoms with Gasteiger partial charge in [0.05, 0.1) is 17.2 Å². The van der Waals surface area contributed by atoms with Crippen LogP contribution in [0.25, 0.3) is 0 Å². The van der Waals surface area contributed by atoms with Crippen LogP contribution >= 0.6 is 0 Å². The highest BCUT2D eigenvalue weighted by Crippen LogP contribution is 2.30. The fourth-order valence-corrected chi connectivity index (χ4v) is 2.43. The number of alkyl halides is 3. The monoisotopic (exact) mass is 305 g/mol. The Labute approximate surface area is 119 Å². The molecule has 0 aromatic heterocycles. The van der Waals surface area contributed by atoms with E-state index >= 15 is 0 Å². The summed E-state index contributed by atoms with van der Waals surface area (Å²) in [4.78, 5) is 11.9. The van der Waals surface area contributed by atoms with Crippen molar-refractivity contribution in [3.05, 3.63) is 35.1 Å². The van der Waals surface area contributed by atoms with Crippen molar-refractivity contribution in [2.75, 3.05) is 0 Å². The lowest BCUT2D eigenvalue weighted by Gasteiger charge is -2.26. The average molecular weight is 305 g/mol. The van der Waals surface area contributed by atoms with Gasteiger partial charge in [-0.3, -0.25) is 4.79 Å². The summed E-state index contributed by atoms with van der Waals surface area (Å²) in [5, 5.41) is 12.0. The van der Waals surface area contributed by atoms with E-state index in [-0.39, 0.29) is 6.04 Å². The van der Waals surface area contributed by atoms with E-state index < -0.39 is 35.1 Å². The summed E-state index contributed by atoms with van der Waals surface area (Å²) in [6.45, 7) is 0. The summed E-state index contributed by atoms with van der Waals surface area (Å²) in [5.74, 6) is -1.89. The van der Waals surface area contributed by atoms with Gasteiger partial charge in [0, 0.05) is 6.04 Å². The largest absolute Gasteiger partial charge is 0.416 e. The van der Waals surface area contributed by atoms with Crippen LogP contribution in [-0.2, 0) is 6.18 Å². The van der Waals surface area contributed by atoms with Gasteiger partial charge in [0.1, 0.15) is 5.82 Å². The van der Waals surface area contributed by atoms with Gasteiger partial charge in [-0.05, 0) is 43.9 Å². The van der Waals surface area contributed by atoms with Crippen LogP contribution in [0.5, 0.6) is 0 Å². The number of hydrogen-bond donors (Lipinski definition) is 2. The average Bonchev–Trinajstić information content (AvgIpc) is 2.37. The van der Waals surface area contributed by atoms with Crippen LogP contribution in [0.3, 0.4) is 0 Å². The molecule has 0 aliphatic heterocycles. The molecule has 1 fully saturated rings. The second-order valence-corrected chi connectivity index (χ2v) is 5.18. The van der Waals surface area contributed by atoms with Crippen molar-refractivity contribution in [2.45, 2.75) is 44.0 Å². The molecule has 21 heavy (non-hydrogen) atoms. The number of nitrogens with one attached hydrogen (secondary N) is 1. The van der Waals surface area contributed by atoms with Gasteiger partial charge in [-0.15, -0.1) is 0 Å². The molecule has 2 unspecified atom stereocenters. The Morgan fingerprint density at radius 2 is 2.00 bits per heavy atom. The van der Waals surface area contributed by atoms with Crippen molar-refractivity contribution >= 4 is 5.91 Å². The van der Waals surface area contributed by atoms with Gasteiger partial charge < -0.3 is 10.4 Å². The van der Waals surface area contributed by atoms with E-state index in [2.05, 4.69) is 5.32 Å². The number of carbonyl (C=O) groups excluding carboxylic acids is 1. The van der Waals surface area contributed by atoms with Gasteiger partial charge in [-0.2, -0.15) is 13.2 Å². The molecule has 0 spiro atoms. The van der Waals surface area contributed by atoms with Gasteiger partial charge in [0.15, 0.2) is 0 Å². The molecule has 0 heterocycles. The SMILES string of the molecule is O=C(NC1CCCC(O)C1)c1cc(C(F)(F)F)ccc1F. The van der Waals surface area contributed by atoms with Crippen LogP contribution in [0.15, 0.2) is 18.2 Å². The standard InChI is InChI=1S/C14H15F4NO2/c15-12-5-4-8(14(16,17)18)6-11(12)13(21)19-9-2-1-3-10(20)7-9/h4-6,9-10,20H,1-3,7H2,(H,19,21). The molecule has 0 bridgehead atoms. The highest BCUT2D eigenvalue weighted by atomic mass is 19.4. The predicted molar refractivity (Wildman–Crippen MR) is 67.1 cm³/mol. The quantitative estimate of drug-likeness (QED) is 0.826. The third-order valence-corrected chi connectivity index (χ3v) is 3.52. The van der Waals surface area contributed by atoms with Gasteiger partial charge in [0.2, 0.25) is 0 Å². The molecule has 2 N–H and O–H groups in total. The minimum Gasteiger partial charge on any atom is -0.393 e. The molecule has 0 radical (unpaired) electrons. The van der Waals surface area contributed by atoms with E-state index in [4.69, 9.17) is 0 Å². The summed E-state index contributed by atoms with van der Waals surface area (Å²) in [6.07, 6.45) is -2.91. The predicted octanol–water partition coefficient (Wildman–Crippen LogP) is 2.88. The molecule has 1 aromatic rings. The zero-order valence-electron chi connectivity index (χ0n) is 11.1. The first-order valence-corrected chi connectivity index (χ1v) is 6.63. The number of benzene rings is 1. The van der Waals surface area contributed by atoms with Crippen LogP contribution in [0, 0.1) is 5.82 Å². The van der Waals surface area contributed by atoms with Crippen LogP contribution < -0.4 is 5.32 Å². The summed E-state index contributed by atoms with van der Waals surface area (Å²) in [6, 6.07) is 1.38. The Morgan fingerprint density at radius 3 is 2.62 bits per heavy atom. The number of aliphatic hydroxyl groups excluding tert-OH is 1. The normalized spacial score (nSPS) is 22.9. The van der Waals surface area contributed by atoms with E-state index in [0.717, 1.165) is 0 Å². The van der Waals surface area contributed by atoms with Crippen LogP contribution in [0.4, 0.5) is 17.6 Å². The molecule has 1 aromatic carbocycles. The minimum absolute atomic E-state index is 0.326. The number of halogens is 4. The number of rotatable bonds is 2. The smallest absolute Gasteiger partial charge is 0.393 e. The van der Waals surface area contributed by atoms with E-state index in [9.17, 15) is 27.5 Å². The Bertz CT molecular complexity index is 530. The van der Waals surface area contributed by atoms with E-state index in [1.807, 2.05) is 0 Å². The van der Waals surface area contributed by atoms with Crippen molar-refractivity contribution in [3.63, 3.8) is 0 Å². The fraction of sp³-hybridized carbons (Fsp3) is 0.500. The lowest BCUT2D eigenvalue weighted by Crippen LogP contribution is -2.40. The van der Waals surface area contributed by atoms with Gasteiger partial charge in [0.25, 0.3) is 5.91 Å². The van der Waals surface area contributed by atoms with Gasteiger partial charge >= 0.3 is 6.18 Å². The summed E-state index contributed by atoms with van der Waals surface area (Å²) >= 11 is 0. The molecule has 1 aliphatic rings. The lowest BCUT2D eigenvalue weighted by molar-refractivity contribution is -0.137. The van der Waals surface area contributed by atoms with E-state index in [1.165, 1.54) is 0 Å². The molecule has 2 atom stereocenters. The van der Waals surface area contributed by atoms with Crippen LogP contribution in [-0.4, -0.2) is 23.2 Å². The topological polar surface area (TPSA) is 49.3 Å². The van der Waals surface area contributed by atoms with E-state index in [0.29, 0.717) is 43.9 Å². The Hall–Kier alpha value is -1.63. The molecule has 7 heteroatoms. The summed E-state index contributed by atoms with van der Waals surface area (Å²) in [7, 11) is 0. The second kappa shape index (κ2) is 6.01. The molecule has 3 nitrogen and oxygen atoms in total. The number of aliphatic hydroxyl groups is 1. The van der Waals surface area contributed by atoms with Gasteiger partial charge in [-0.1, -0.05) is 0 Å². The van der Waals surface area contributed by atoms with Crippen LogP contribution in [0.1, 0.15) is 41.6 Å². The first kappa shape index (κ1) is 15.8. The lowest BCUT2D eigenvalue weighted by atomic mass is 9.93. The molecule has 0 saturated heterocycles. The van der Waals surface area contributed by atoms with E-state index in [1.54, 1.807) is 0 Å². The molecule has 2 rings (SSSR count). The van der Waals surface area contributed by atoms with Gasteiger partial charge in [-0.25, -0.2) is 4.39 Å². The minimum atomic E-state index is -4.64. The van der Waals surface area contributed by atoms with Crippen molar-refractivity contribution in [2.24, 2.45) is 0 Å². The summed E-state index contributed by atoms with van der Waals surface area (Å²) in [5.41, 5.74) is -1.71. The first-order valence-electron chi connectivity index (χ1n) is 6.63. The molecular weight excluding hydrogens is 290 g/mol. The maximum Gasteiger partial charge on any atom is 0.416 e. The number of hydrogen-bond acceptors (Lipinski definition) is 2. The molecule has 1 amide bonds. The van der Waals surface area contributed by atoms with Crippen molar-refractivity contribution in [1.82, 2.24) is 5.32 Å². The Morgan fingerprint density at radius 1 is 1.29 bits per heavy atom.